The molecule has 3 rings (SSSR count). The summed E-state index contributed by atoms with van der Waals surface area (Å²) < 4.78 is 27.7. The minimum atomic E-state index is -3.73. The van der Waals surface area contributed by atoms with E-state index in [1.165, 1.54) is 12.1 Å². The first kappa shape index (κ1) is 16.1. The largest absolute Gasteiger partial charge is 0.358 e. The first-order valence-electron chi connectivity index (χ1n) is 7.29. The minimum absolute atomic E-state index is 0.153. The summed E-state index contributed by atoms with van der Waals surface area (Å²) >= 11 is 0. The first-order chi connectivity index (χ1) is 11.5. The van der Waals surface area contributed by atoms with Crippen molar-refractivity contribution in [3.05, 3.63) is 59.3 Å². The number of nitrogens with zero attached hydrogens (tertiary/aromatic N) is 1. The van der Waals surface area contributed by atoms with Gasteiger partial charge in [-0.05, 0) is 36.2 Å². The molecule has 7 heteroatoms. The van der Waals surface area contributed by atoms with E-state index in [0.717, 1.165) is 16.5 Å². The van der Waals surface area contributed by atoms with Crippen LogP contribution in [0.5, 0.6) is 0 Å². The van der Waals surface area contributed by atoms with Gasteiger partial charge in [-0.15, -0.1) is 0 Å². The predicted octanol–water partition coefficient (Wildman–Crippen LogP) is 2.61. The van der Waals surface area contributed by atoms with Gasteiger partial charge in [-0.2, -0.15) is 5.26 Å². The number of rotatable bonds is 4. The summed E-state index contributed by atoms with van der Waals surface area (Å²) in [6.45, 7) is 2.23. The maximum absolute atomic E-state index is 12.6. The lowest BCUT2D eigenvalue weighted by atomic mass is 10.1. The first-order valence-corrected chi connectivity index (χ1v) is 8.77. The molecule has 0 aliphatic rings. The lowest BCUT2D eigenvalue weighted by Crippen LogP contribution is -2.13. The Labute approximate surface area is 140 Å². The van der Waals surface area contributed by atoms with Crippen molar-refractivity contribution < 1.29 is 8.42 Å². The molecule has 4 N–H and O–H groups in total. The monoisotopic (exact) mass is 340 g/mol. The number of nitrogens with one attached hydrogen (secondary N) is 2. The number of anilines is 1. The number of nitriles is 1. The molecule has 0 spiro atoms. The van der Waals surface area contributed by atoms with Crippen molar-refractivity contribution in [2.75, 3.05) is 4.72 Å². The quantitative estimate of drug-likeness (QED) is 0.677. The Hall–Kier alpha value is -2.82. The highest BCUT2D eigenvalue weighted by molar-refractivity contribution is 7.92. The molecular formula is C17H16N4O2S. The van der Waals surface area contributed by atoms with Crippen molar-refractivity contribution in [2.45, 2.75) is 18.4 Å². The van der Waals surface area contributed by atoms with E-state index in [1.54, 1.807) is 30.5 Å². The molecule has 2 aromatic carbocycles. The van der Waals surface area contributed by atoms with E-state index < -0.39 is 10.0 Å². The Morgan fingerprint density at radius 2 is 1.92 bits per heavy atom. The fourth-order valence-corrected chi connectivity index (χ4v) is 3.67. The van der Waals surface area contributed by atoms with Crippen LogP contribution in [0.2, 0.25) is 0 Å². The maximum Gasteiger partial charge on any atom is 0.261 e. The highest BCUT2D eigenvalue weighted by Gasteiger charge is 2.17. The number of aromatic nitrogens is 1. The van der Waals surface area contributed by atoms with Crippen LogP contribution in [0.1, 0.15) is 16.7 Å². The van der Waals surface area contributed by atoms with Crippen molar-refractivity contribution >= 4 is 26.6 Å². The molecule has 0 fully saturated rings. The van der Waals surface area contributed by atoms with Crippen LogP contribution in [0.15, 0.2) is 47.5 Å². The fraction of sp³-hybridized carbons (Fsp3) is 0.118. The zero-order valence-corrected chi connectivity index (χ0v) is 13.8. The van der Waals surface area contributed by atoms with Gasteiger partial charge >= 0.3 is 0 Å². The van der Waals surface area contributed by atoms with Gasteiger partial charge in [0.1, 0.15) is 6.07 Å². The number of hydrogen-bond donors (Lipinski definition) is 3. The molecule has 3 aromatic rings. The number of aromatic amines is 1. The van der Waals surface area contributed by atoms with E-state index in [0.29, 0.717) is 23.3 Å². The number of benzene rings is 2. The van der Waals surface area contributed by atoms with Crippen LogP contribution in [0, 0.1) is 18.3 Å². The molecule has 24 heavy (non-hydrogen) atoms. The Morgan fingerprint density at radius 1 is 1.21 bits per heavy atom. The van der Waals surface area contributed by atoms with Gasteiger partial charge in [-0.3, -0.25) is 4.72 Å². The molecule has 0 aliphatic carbocycles. The van der Waals surface area contributed by atoms with E-state index in [1.807, 2.05) is 6.92 Å². The van der Waals surface area contributed by atoms with Crippen molar-refractivity contribution in [2.24, 2.45) is 5.73 Å². The van der Waals surface area contributed by atoms with Crippen LogP contribution in [0.3, 0.4) is 0 Å². The van der Waals surface area contributed by atoms with Crippen molar-refractivity contribution in [3.8, 4) is 6.07 Å². The number of sulfonamides is 1. The van der Waals surface area contributed by atoms with E-state index in [2.05, 4.69) is 15.8 Å². The molecule has 0 aliphatic heterocycles. The Morgan fingerprint density at radius 3 is 2.54 bits per heavy atom. The highest BCUT2D eigenvalue weighted by atomic mass is 32.2. The lowest BCUT2D eigenvalue weighted by Gasteiger charge is -2.10. The number of H-pyrrole nitrogens is 1. The van der Waals surface area contributed by atoms with E-state index in [9.17, 15) is 13.7 Å². The van der Waals surface area contributed by atoms with E-state index >= 15 is 0 Å². The molecule has 0 unspecified atom stereocenters. The smallest absolute Gasteiger partial charge is 0.261 e. The summed E-state index contributed by atoms with van der Waals surface area (Å²) in [5, 5.41) is 9.90. The maximum atomic E-state index is 12.6. The zero-order valence-electron chi connectivity index (χ0n) is 13.0. The van der Waals surface area contributed by atoms with Gasteiger partial charge in [0.2, 0.25) is 0 Å². The van der Waals surface area contributed by atoms with Crippen LogP contribution in [-0.4, -0.2) is 13.4 Å². The van der Waals surface area contributed by atoms with E-state index in [-0.39, 0.29) is 4.90 Å². The van der Waals surface area contributed by atoms with Gasteiger partial charge < -0.3 is 10.7 Å². The van der Waals surface area contributed by atoms with Crippen molar-refractivity contribution in [1.82, 2.24) is 4.98 Å². The Bertz CT molecular complexity index is 1040. The molecule has 122 valence electrons. The molecule has 0 radical (unpaired) electrons. The fourth-order valence-electron chi connectivity index (χ4n) is 2.60. The molecule has 1 heterocycles. The second kappa shape index (κ2) is 6.00. The third kappa shape index (κ3) is 2.73. The lowest BCUT2D eigenvalue weighted by molar-refractivity contribution is 0.601. The third-order valence-corrected chi connectivity index (χ3v) is 5.26. The van der Waals surface area contributed by atoms with E-state index in [4.69, 9.17) is 5.73 Å². The molecule has 0 saturated carbocycles. The molecule has 0 saturated heterocycles. The summed E-state index contributed by atoms with van der Waals surface area (Å²) in [7, 11) is -3.73. The van der Waals surface area contributed by atoms with Gasteiger partial charge in [-0.1, -0.05) is 18.2 Å². The second-order valence-corrected chi connectivity index (χ2v) is 7.13. The average molecular weight is 340 g/mol. The van der Waals surface area contributed by atoms with Crippen molar-refractivity contribution in [3.63, 3.8) is 0 Å². The van der Waals surface area contributed by atoms with Crippen LogP contribution < -0.4 is 10.5 Å². The van der Waals surface area contributed by atoms with Gasteiger partial charge in [0, 0.05) is 18.1 Å². The van der Waals surface area contributed by atoms with Crippen molar-refractivity contribution in [1.29, 1.82) is 5.26 Å². The Kier molecular flexibility index (Phi) is 4.01. The standard InChI is InChI=1S/C17H16N4O2S/c1-11-2-7-15(17-16(11)13(9-19)10-20-17)21-24(22,23)14-5-3-12(8-18)4-6-14/h2-7,10,20-21H,8,18H2,1H3. The summed E-state index contributed by atoms with van der Waals surface area (Å²) in [4.78, 5) is 3.13. The van der Waals surface area contributed by atoms with Gasteiger partial charge in [0.05, 0.1) is 21.7 Å². The molecule has 0 amide bonds. The molecule has 0 atom stereocenters. The number of fused-ring (bicyclic) bond motifs is 1. The summed E-state index contributed by atoms with van der Waals surface area (Å²) in [5.74, 6) is 0. The van der Waals surface area contributed by atoms with Gasteiger partial charge in [0.25, 0.3) is 10.0 Å². The third-order valence-electron chi connectivity index (χ3n) is 3.88. The number of nitrogens with two attached hydrogens (primary N) is 1. The Balaban J connectivity index is 2.04. The SMILES string of the molecule is Cc1ccc(NS(=O)(=O)c2ccc(CN)cc2)c2[nH]cc(C#N)c12. The molecule has 6 nitrogen and oxygen atoms in total. The summed E-state index contributed by atoms with van der Waals surface area (Å²) in [6.07, 6.45) is 1.57. The summed E-state index contributed by atoms with van der Waals surface area (Å²) in [6, 6.07) is 12.0. The molecular weight excluding hydrogens is 324 g/mol. The predicted molar refractivity (Wildman–Crippen MR) is 92.9 cm³/mol. The number of aryl methyl sites for hydroxylation is 1. The molecule has 0 bridgehead atoms. The highest BCUT2D eigenvalue weighted by Crippen LogP contribution is 2.29. The second-order valence-electron chi connectivity index (χ2n) is 5.45. The normalized spacial score (nSPS) is 11.4. The zero-order chi connectivity index (χ0) is 17.3. The van der Waals surface area contributed by atoms with Crippen LogP contribution in [0.25, 0.3) is 10.9 Å². The van der Waals surface area contributed by atoms with Gasteiger partial charge in [-0.25, -0.2) is 8.42 Å². The number of hydrogen-bond acceptors (Lipinski definition) is 4. The summed E-state index contributed by atoms with van der Waals surface area (Å²) in [5.41, 5.74) is 8.76. The molecule has 1 aromatic heterocycles. The van der Waals surface area contributed by atoms with Crippen LogP contribution in [0.4, 0.5) is 5.69 Å². The van der Waals surface area contributed by atoms with Crippen LogP contribution >= 0.6 is 0 Å². The van der Waals surface area contributed by atoms with Crippen LogP contribution in [-0.2, 0) is 16.6 Å². The topological polar surface area (TPSA) is 112 Å². The average Bonchev–Trinajstić information content (AvgIpc) is 3.02. The van der Waals surface area contributed by atoms with Gasteiger partial charge in [0.15, 0.2) is 0 Å². The minimum Gasteiger partial charge on any atom is -0.358 e.